The van der Waals surface area contributed by atoms with Crippen molar-refractivity contribution in [2.75, 3.05) is 0 Å². The van der Waals surface area contributed by atoms with E-state index in [0.717, 1.165) is 72.4 Å². The monoisotopic (exact) mass is 802 g/mol. The minimum atomic E-state index is 0.697. The van der Waals surface area contributed by atoms with Crippen molar-refractivity contribution >= 4 is 43.5 Å². The smallest absolute Gasteiger partial charge is 0.160 e. The Labute approximate surface area is 365 Å². The molecule has 0 saturated heterocycles. The quantitative estimate of drug-likeness (QED) is 0.151. The van der Waals surface area contributed by atoms with E-state index < -0.39 is 0 Å². The summed E-state index contributed by atoms with van der Waals surface area (Å²) in [5, 5.41) is 5.88. The molecule has 0 bridgehead atoms. The molecule has 0 aliphatic rings. The Hall–Kier alpha value is -8.47. The Balaban J connectivity index is 0.968. The van der Waals surface area contributed by atoms with E-state index in [1.54, 1.807) is 0 Å². The molecule has 63 heavy (non-hydrogen) atoms. The van der Waals surface area contributed by atoms with Crippen LogP contribution in [0, 0.1) is 0 Å². The molecule has 12 aromatic rings. The largest absolute Gasteiger partial charge is 0.309 e. The summed E-state index contributed by atoms with van der Waals surface area (Å²) in [5.41, 5.74) is 15.9. The number of nitrogens with zero attached hydrogens (tertiary/aromatic N) is 4. The molecule has 0 atom stereocenters. The molecule has 4 nitrogen and oxygen atoms in total. The maximum absolute atomic E-state index is 5.45. The van der Waals surface area contributed by atoms with E-state index in [1.807, 2.05) is 24.3 Å². The zero-order valence-electron chi connectivity index (χ0n) is 34.2. The highest BCUT2D eigenvalue weighted by atomic mass is 15.0. The molecular formula is C59H38N4. The number of aromatic nitrogens is 4. The van der Waals surface area contributed by atoms with Crippen molar-refractivity contribution in [1.29, 1.82) is 0 Å². The predicted octanol–water partition coefficient (Wildman–Crippen LogP) is 15.3. The summed E-state index contributed by atoms with van der Waals surface area (Å²) in [6.45, 7) is 0. The van der Waals surface area contributed by atoms with Crippen LogP contribution >= 0.6 is 0 Å². The van der Waals surface area contributed by atoms with Crippen LogP contribution in [-0.2, 0) is 0 Å². The lowest BCUT2D eigenvalue weighted by Gasteiger charge is -2.14. The molecule has 0 unspecified atom stereocenters. The highest BCUT2D eigenvalue weighted by Crippen LogP contribution is 2.41. The molecule has 0 aliphatic heterocycles. The Kier molecular flexibility index (Phi) is 8.79. The van der Waals surface area contributed by atoms with Gasteiger partial charge in [-0.1, -0.05) is 188 Å². The lowest BCUT2D eigenvalue weighted by molar-refractivity contribution is 1.18. The van der Waals surface area contributed by atoms with Gasteiger partial charge in [-0.2, -0.15) is 0 Å². The van der Waals surface area contributed by atoms with Gasteiger partial charge in [-0.15, -0.1) is 0 Å². The van der Waals surface area contributed by atoms with Crippen LogP contribution in [0.2, 0.25) is 0 Å². The summed E-state index contributed by atoms with van der Waals surface area (Å²) in [6.07, 6.45) is 0. The minimum absolute atomic E-state index is 0.697. The van der Waals surface area contributed by atoms with Gasteiger partial charge in [0.15, 0.2) is 5.82 Å². The number of rotatable bonds is 7. The molecule has 9 aromatic carbocycles. The molecule has 0 spiro atoms. The summed E-state index contributed by atoms with van der Waals surface area (Å²) < 4.78 is 2.39. The lowest BCUT2D eigenvalue weighted by atomic mass is 9.95. The molecule has 0 radical (unpaired) electrons. The van der Waals surface area contributed by atoms with Crippen molar-refractivity contribution in [2.45, 2.75) is 0 Å². The highest BCUT2D eigenvalue weighted by Gasteiger charge is 2.18. The van der Waals surface area contributed by atoms with Crippen LogP contribution in [-0.4, -0.2) is 19.5 Å². The Morgan fingerprint density at radius 1 is 0.270 bits per heavy atom. The summed E-state index contributed by atoms with van der Waals surface area (Å²) >= 11 is 0. The van der Waals surface area contributed by atoms with Crippen molar-refractivity contribution in [1.82, 2.24) is 19.5 Å². The molecule has 4 heteroatoms. The van der Waals surface area contributed by atoms with Crippen molar-refractivity contribution in [3.05, 3.63) is 231 Å². The zero-order valence-corrected chi connectivity index (χ0v) is 34.2. The normalized spacial score (nSPS) is 11.5. The number of benzene rings is 9. The Morgan fingerprint density at radius 3 is 1.43 bits per heavy atom. The van der Waals surface area contributed by atoms with Gasteiger partial charge in [0, 0.05) is 49.5 Å². The Morgan fingerprint density at radius 2 is 0.778 bits per heavy atom. The van der Waals surface area contributed by atoms with E-state index in [-0.39, 0.29) is 0 Å². The topological polar surface area (TPSA) is 43.6 Å². The van der Waals surface area contributed by atoms with E-state index in [2.05, 4.69) is 211 Å². The van der Waals surface area contributed by atoms with E-state index >= 15 is 0 Å². The number of hydrogen-bond donors (Lipinski definition) is 0. The average Bonchev–Trinajstić information content (AvgIpc) is 3.69. The first-order valence-electron chi connectivity index (χ1n) is 21.3. The zero-order chi connectivity index (χ0) is 41.7. The fraction of sp³-hybridized carbons (Fsp3) is 0. The average molecular weight is 803 g/mol. The van der Waals surface area contributed by atoms with Gasteiger partial charge < -0.3 is 4.57 Å². The maximum Gasteiger partial charge on any atom is 0.160 e. The van der Waals surface area contributed by atoms with Crippen LogP contribution in [0.1, 0.15) is 0 Å². The maximum atomic E-state index is 5.45. The fourth-order valence-electron chi connectivity index (χ4n) is 9.07. The van der Waals surface area contributed by atoms with Gasteiger partial charge in [0.25, 0.3) is 0 Å². The van der Waals surface area contributed by atoms with Gasteiger partial charge >= 0.3 is 0 Å². The second kappa shape index (κ2) is 15.2. The molecule has 0 N–H and O–H groups in total. The second-order valence-corrected chi connectivity index (χ2v) is 16.0. The van der Waals surface area contributed by atoms with Crippen molar-refractivity contribution < 1.29 is 0 Å². The third kappa shape index (κ3) is 6.53. The molecule has 0 aliphatic carbocycles. The molecule has 0 amide bonds. The predicted molar refractivity (Wildman–Crippen MR) is 262 cm³/mol. The Bertz CT molecular complexity index is 3620. The third-order valence-corrected chi connectivity index (χ3v) is 12.2. The highest BCUT2D eigenvalue weighted by molar-refractivity contribution is 6.20. The van der Waals surface area contributed by atoms with E-state index in [1.165, 1.54) is 38.3 Å². The minimum Gasteiger partial charge on any atom is -0.309 e. The molecule has 3 heterocycles. The van der Waals surface area contributed by atoms with Gasteiger partial charge in [-0.25, -0.2) is 15.0 Å². The first-order valence-corrected chi connectivity index (χ1v) is 21.3. The van der Waals surface area contributed by atoms with Crippen LogP contribution in [0.3, 0.4) is 0 Å². The van der Waals surface area contributed by atoms with Crippen LogP contribution in [0.15, 0.2) is 231 Å². The van der Waals surface area contributed by atoms with Crippen molar-refractivity contribution in [3.8, 4) is 73.1 Å². The molecule has 0 fully saturated rings. The standard InChI is InChI=1S/C59H38N4/c1-5-15-39(16-6-1)40-25-29-42(30-26-40)53-38-54(62-59(61-53)45-19-9-3-10-20-45)43-31-27-41(28-32-43)46-33-34-48-50-37-57-51(36-52(50)58(60-55(48)35-46)44-17-7-2-8-18-44)49-23-13-14-24-56(49)63(57)47-21-11-4-12-22-47/h1-38H. The van der Waals surface area contributed by atoms with Gasteiger partial charge in [-0.05, 0) is 70.1 Å². The first-order chi connectivity index (χ1) is 31.2. The second-order valence-electron chi connectivity index (χ2n) is 16.0. The lowest BCUT2D eigenvalue weighted by Crippen LogP contribution is -1.96. The van der Waals surface area contributed by atoms with E-state index in [4.69, 9.17) is 15.0 Å². The number of para-hydroxylation sites is 2. The number of hydrogen-bond acceptors (Lipinski definition) is 3. The molecule has 12 rings (SSSR count). The SMILES string of the molecule is c1ccc(-c2ccc(-c3cc(-c4ccc(-c5ccc6c(c5)nc(-c5ccccc5)c5cc7c8ccccc8n(-c8ccccc8)c7cc56)cc4)nc(-c4ccccc4)n3)cc2)cc1. The van der Waals surface area contributed by atoms with Gasteiger partial charge in [0.1, 0.15) is 0 Å². The summed E-state index contributed by atoms with van der Waals surface area (Å²) in [5.74, 6) is 0.697. The van der Waals surface area contributed by atoms with E-state index in [9.17, 15) is 0 Å². The van der Waals surface area contributed by atoms with Gasteiger partial charge in [0.05, 0.1) is 33.6 Å². The van der Waals surface area contributed by atoms with Crippen LogP contribution < -0.4 is 0 Å². The number of pyridine rings is 1. The molecule has 0 saturated carbocycles. The van der Waals surface area contributed by atoms with Crippen molar-refractivity contribution in [2.24, 2.45) is 0 Å². The summed E-state index contributed by atoms with van der Waals surface area (Å²) in [6, 6.07) is 81.5. The third-order valence-electron chi connectivity index (χ3n) is 12.2. The molecular weight excluding hydrogens is 765 g/mol. The summed E-state index contributed by atoms with van der Waals surface area (Å²) in [4.78, 5) is 15.6. The van der Waals surface area contributed by atoms with Gasteiger partial charge in [0.2, 0.25) is 0 Å². The molecule has 3 aromatic heterocycles. The van der Waals surface area contributed by atoms with Gasteiger partial charge in [-0.3, -0.25) is 0 Å². The molecule has 294 valence electrons. The fourth-order valence-corrected chi connectivity index (χ4v) is 9.07. The number of fused-ring (bicyclic) bond motifs is 6. The van der Waals surface area contributed by atoms with E-state index in [0.29, 0.717) is 5.82 Å². The summed E-state index contributed by atoms with van der Waals surface area (Å²) in [7, 11) is 0. The van der Waals surface area contributed by atoms with Crippen molar-refractivity contribution in [3.63, 3.8) is 0 Å². The first kappa shape index (κ1) is 36.4. The van der Waals surface area contributed by atoms with Crippen LogP contribution in [0.25, 0.3) is 117 Å². The van der Waals surface area contributed by atoms with Crippen LogP contribution in [0.5, 0.6) is 0 Å². The van der Waals surface area contributed by atoms with Crippen LogP contribution in [0.4, 0.5) is 0 Å².